The molecule has 1 aromatic rings. The van der Waals surface area contributed by atoms with Gasteiger partial charge in [-0.2, -0.15) is 0 Å². The number of hydrogen-bond acceptors (Lipinski definition) is 1. The third-order valence-electron chi connectivity index (χ3n) is 3.75. The van der Waals surface area contributed by atoms with Crippen molar-refractivity contribution in [2.45, 2.75) is 43.4 Å². The molecule has 0 bridgehead atoms. The van der Waals surface area contributed by atoms with Crippen LogP contribution < -0.4 is 4.74 Å². The van der Waals surface area contributed by atoms with Crippen LogP contribution in [-0.4, -0.2) is 11.9 Å². The quantitative estimate of drug-likeness (QED) is 0.723. The Kier molecular flexibility index (Phi) is 4.90. The number of alkyl halides is 1. The van der Waals surface area contributed by atoms with Crippen molar-refractivity contribution in [1.82, 2.24) is 0 Å². The van der Waals surface area contributed by atoms with Crippen molar-refractivity contribution in [3.63, 3.8) is 0 Å². The fraction of sp³-hybridized carbons (Fsp3) is 0.600. The molecule has 0 radical (unpaired) electrons. The van der Waals surface area contributed by atoms with Gasteiger partial charge in [-0.3, -0.25) is 0 Å². The Morgan fingerprint density at radius 3 is 2.82 bits per heavy atom. The van der Waals surface area contributed by atoms with E-state index in [9.17, 15) is 0 Å². The summed E-state index contributed by atoms with van der Waals surface area (Å²) in [7, 11) is 1.73. The van der Waals surface area contributed by atoms with Gasteiger partial charge >= 0.3 is 0 Å². The maximum atomic E-state index is 5.25. The van der Waals surface area contributed by atoms with E-state index < -0.39 is 0 Å². The van der Waals surface area contributed by atoms with E-state index in [1.165, 1.54) is 37.7 Å². The summed E-state index contributed by atoms with van der Waals surface area (Å²) in [5.74, 6) is 1.87. The summed E-state index contributed by atoms with van der Waals surface area (Å²) < 4.78 is 5.25. The number of methoxy groups -OCH3 is 1. The van der Waals surface area contributed by atoms with Gasteiger partial charge in [-0.05, 0) is 49.3 Å². The van der Waals surface area contributed by atoms with Crippen molar-refractivity contribution in [3.05, 3.63) is 29.8 Å². The Morgan fingerprint density at radius 2 is 2.12 bits per heavy atom. The van der Waals surface area contributed by atoms with Crippen LogP contribution in [-0.2, 0) is 6.42 Å². The average molecular weight is 297 g/mol. The van der Waals surface area contributed by atoms with Gasteiger partial charge in [0.05, 0.1) is 7.11 Å². The van der Waals surface area contributed by atoms with E-state index in [4.69, 9.17) is 4.74 Å². The van der Waals surface area contributed by atoms with Gasteiger partial charge in [0, 0.05) is 4.83 Å². The predicted molar refractivity (Wildman–Crippen MR) is 76.0 cm³/mol. The SMILES string of the molecule is COc1cccc(CCC(Br)C2CCCC2)c1. The Morgan fingerprint density at radius 1 is 1.35 bits per heavy atom. The summed E-state index contributed by atoms with van der Waals surface area (Å²) in [6, 6.07) is 8.42. The molecule has 0 saturated heterocycles. The minimum atomic E-state index is 0.691. The lowest BCUT2D eigenvalue weighted by Gasteiger charge is -2.16. The lowest BCUT2D eigenvalue weighted by molar-refractivity contribution is 0.414. The van der Waals surface area contributed by atoms with Crippen molar-refractivity contribution in [2.24, 2.45) is 5.92 Å². The molecule has 1 aromatic carbocycles. The van der Waals surface area contributed by atoms with Crippen LogP contribution in [0.4, 0.5) is 0 Å². The van der Waals surface area contributed by atoms with Crippen LogP contribution in [0.25, 0.3) is 0 Å². The largest absolute Gasteiger partial charge is 0.497 e. The molecule has 0 N–H and O–H groups in total. The van der Waals surface area contributed by atoms with Gasteiger partial charge in [0.1, 0.15) is 5.75 Å². The van der Waals surface area contributed by atoms with Crippen LogP contribution in [0.5, 0.6) is 5.75 Å². The van der Waals surface area contributed by atoms with Crippen molar-refractivity contribution in [2.75, 3.05) is 7.11 Å². The van der Waals surface area contributed by atoms with E-state index >= 15 is 0 Å². The molecule has 1 nitrogen and oxygen atoms in total. The summed E-state index contributed by atoms with van der Waals surface area (Å²) in [6.45, 7) is 0. The zero-order valence-corrected chi connectivity index (χ0v) is 12.1. The topological polar surface area (TPSA) is 9.23 Å². The van der Waals surface area contributed by atoms with Crippen molar-refractivity contribution >= 4 is 15.9 Å². The van der Waals surface area contributed by atoms with Crippen molar-refractivity contribution in [1.29, 1.82) is 0 Å². The maximum absolute atomic E-state index is 5.25. The molecule has 0 spiro atoms. The molecule has 0 aromatic heterocycles. The molecule has 1 unspecified atom stereocenters. The summed E-state index contributed by atoms with van der Waals surface area (Å²) in [4.78, 5) is 0.691. The molecule has 2 heteroatoms. The van der Waals surface area contributed by atoms with Gasteiger partial charge in [-0.1, -0.05) is 40.9 Å². The molecule has 1 atom stereocenters. The molecular formula is C15H21BrO. The molecular weight excluding hydrogens is 276 g/mol. The van der Waals surface area contributed by atoms with Crippen LogP contribution >= 0.6 is 15.9 Å². The molecule has 2 rings (SSSR count). The number of hydrogen-bond donors (Lipinski definition) is 0. The zero-order valence-electron chi connectivity index (χ0n) is 10.5. The van der Waals surface area contributed by atoms with E-state index in [-0.39, 0.29) is 0 Å². The van der Waals surface area contributed by atoms with E-state index in [1.54, 1.807) is 7.11 Å². The molecule has 0 aliphatic heterocycles. The average Bonchev–Trinajstić information content (AvgIpc) is 2.90. The fourth-order valence-electron chi connectivity index (χ4n) is 2.69. The number of rotatable bonds is 5. The van der Waals surface area contributed by atoms with Gasteiger partial charge < -0.3 is 4.74 Å². The first-order valence-electron chi connectivity index (χ1n) is 6.56. The van der Waals surface area contributed by atoms with Crippen LogP contribution in [0.3, 0.4) is 0 Å². The number of aryl methyl sites for hydroxylation is 1. The Bertz CT molecular complexity index is 345. The second-order valence-corrected chi connectivity index (χ2v) is 6.13. The second-order valence-electron chi connectivity index (χ2n) is 4.95. The zero-order chi connectivity index (χ0) is 12.1. The molecule has 1 aliphatic carbocycles. The first-order valence-corrected chi connectivity index (χ1v) is 7.48. The predicted octanol–water partition coefficient (Wildman–Crippen LogP) is 4.58. The number of halogens is 1. The molecule has 1 fully saturated rings. The summed E-state index contributed by atoms with van der Waals surface area (Å²) in [6.07, 6.45) is 8.04. The lowest BCUT2D eigenvalue weighted by atomic mass is 9.98. The van der Waals surface area contributed by atoms with Gasteiger partial charge in [0.2, 0.25) is 0 Å². The molecule has 1 saturated carbocycles. The molecule has 17 heavy (non-hydrogen) atoms. The van der Waals surface area contributed by atoms with E-state index in [1.807, 2.05) is 6.07 Å². The third-order valence-corrected chi connectivity index (χ3v) is 4.96. The Balaban J connectivity index is 1.83. The molecule has 94 valence electrons. The minimum Gasteiger partial charge on any atom is -0.497 e. The van der Waals surface area contributed by atoms with Crippen molar-refractivity contribution < 1.29 is 4.74 Å². The van der Waals surface area contributed by atoms with Gasteiger partial charge in [-0.15, -0.1) is 0 Å². The highest BCUT2D eigenvalue weighted by Gasteiger charge is 2.22. The first kappa shape index (κ1) is 12.9. The fourth-order valence-corrected chi connectivity index (χ4v) is 3.44. The second kappa shape index (κ2) is 6.44. The lowest BCUT2D eigenvalue weighted by Crippen LogP contribution is -2.11. The van der Waals surface area contributed by atoms with Gasteiger partial charge in [-0.25, -0.2) is 0 Å². The number of benzene rings is 1. The van der Waals surface area contributed by atoms with E-state index in [0.717, 1.165) is 18.1 Å². The van der Waals surface area contributed by atoms with Gasteiger partial charge in [0.15, 0.2) is 0 Å². The highest BCUT2D eigenvalue weighted by molar-refractivity contribution is 9.09. The van der Waals surface area contributed by atoms with Gasteiger partial charge in [0.25, 0.3) is 0 Å². The Labute approximate surface area is 113 Å². The van der Waals surface area contributed by atoms with E-state index in [0.29, 0.717) is 4.83 Å². The van der Waals surface area contributed by atoms with Crippen LogP contribution in [0.15, 0.2) is 24.3 Å². The molecule has 0 heterocycles. The van der Waals surface area contributed by atoms with E-state index in [2.05, 4.69) is 34.1 Å². The minimum absolute atomic E-state index is 0.691. The summed E-state index contributed by atoms with van der Waals surface area (Å²) in [5, 5.41) is 0. The summed E-state index contributed by atoms with van der Waals surface area (Å²) in [5.41, 5.74) is 1.38. The van der Waals surface area contributed by atoms with Crippen molar-refractivity contribution in [3.8, 4) is 5.75 Å². The smallest absolute Gasteiger partial charge is 0.119 e. The number of ether oxygens (including phenoxy) is 1. The Hall–Kier alpha value is -0.500. The normalized spacial score (nSPS) is 18.2. The molecule has 0 amide bonds. The highest BCUT2D eigenvalue weighted by atomic mass is 79.9. The first-order chi connectivity index (χ1) is 8.29. The van der Waals surface area contributed by atoms with Crippen LogP contribution in [0, 0.1) is 5.92 Å². The van der Waals surface area contributed by atoms with Crippen LogP contribution in [0.2, 0.25) is 0 Å². The maximum Gasteiger partial charge on any atom is 0.119 e. The third kappa shape index (κ3) is 3.74. The molecule has 1 aliphatic rings. The standard InChI is InChI=1S/C15H21BrO/c1-17-14-8-4-5-12(11-14)9-10-15(16)13-6-2-3-7-13/h4-5,8,11,13,15H,2-3,6-7,9-10H2,1H3. The van der Waals surface area contributed by atoms with Crippen LogP contribution in [0.1, 0.15) is 37.7 Å². The summed E-state index contributed by atoms with van der Waals surface area (Å²) >= 11 is 3.87. The monoisotopic (exact) mass is 296 g/mol. The highest BCUT2D eigenvalue weighted by Crippen LogP contribution is 2.33.